The summed E-state index contributed by atoms with van der Waals surface area (Å²) in [7, 11) is 0. The zero-order chi connectivity index (χ0) is 17.2. The van der Waals surface area contributed by atoms with Gasteiger partial charge in [0, 0.05) is 6.92 Å². The lowest BCUT2D eigenvalue weighted by Gasteiger charge is -2.18. The van der Waals surface area contributed by atoms with E-state index in [1.165, 1.54) is 13.1 Å². The van der Waals surface area contributed by atoms with E-state index in [1.807, 2.05) is 37.3 Å². The lowest BCUT2D eigenvalue weighted by atomic mass is 10.1. The van der Waals surface area contributed by atoms with Crippen molar-refractivity contribution in [1.82, 2.24) is 9.55 Å². The molecule has 2 aromatic rings. The first-order valence-electron chi connectivity index (χ1n) is 7.94. The molecule has 1 saturated carbocycles. The van der Waals surface area contributed by atoms with Gasteiger partial charge in [-0.3, -0.25) is 4.79 Å². The largest absolute Gasteiger partial charge is 0.457 e. The summed E-state index contributed by atoms with van der Waals surface area (Å²) in [6.07, 6.45) is 4.56. The van der Waals surface area contributed by atoms with Crippen LogP contribution in [0.25, 0.3) is 0 Å². The molecule has 1 aromatic carbocycles. The minimum atomic E-state index is -0.628. The molecule has 0 aliphatic heterocycles. The van der Waals surface area contributed by atoms with Crippen LogP contribution in [-0.2, 0) is 14.3 Å². The highest BCUT2D eigenvalue weighted by Gasteiger charge is 2.48. The van der Waals surface area contributed by atoms with Crippen LogP contribution in [0.5, 0.6) is 0 Å². The fourth-order valence-corrected chi connectivity index (χ4v) is 2.65. The van der Waals surface area contributed by atoms with Crippen molar-refractivity contribution in [3.05, 3.63) is 54.1 Å². The average molecular weight is 328 g/mol. The van der Waals surface area contributed by atoms with E-state index < -0.39 is 11.6 Å². The summed E-state index contributed by atoms with van der Waals surface area (Å²) in [5, 5.41) is 0. The van der Waals surface area contributed by atoms with Crippen LogP contribution < -0.4 is 0 Å². The van der Waals surface area contributed by atoms with Crippen LogP contribution in [-0.4, -0.2) is 33.7 Å². The fourth-order valence-electron chi connectivity index (χ4n) is 2.65. The Balaban J connectivity index is 1.69. The molecule has 0 N–H and O–H groups in total. The van der Waals surface area contributed by atoms with E-state index in [4.69, 9.17) is 9.47 Å². The molecule has 0 spiro atoms. The van der Waals surface area contributed by atoms with Crippen molar-refractivity contribution in [2.45, 2.75) is 38.3 Å². The zero-order valence-electron chi connectivity index (χ0n) is 13.8. The number of nitrogens with zero attached hydrogens (tertiary/aromatic N) is 2. The predicted molar refractivity (Wildman–Crippen MR) is 86.5 cm³/mol. The Kier molecular flexibility index (Phi) is 4.38. The number of rotatable bonds is 6. The van der Waals surface area contributed by atoms with Crippen molar-refractivity contribution < 1.29 is 19.1 Å². The van der Waals surface area contributed by atoms with Crippen LogP contribution in [0.1, 0.15) is 48.8 Å². The van der Waals surface area contributed by atoms with Gasteiger partial charge in [0.1, 0.15) is 17.9 Å². The molecule has 1 fully saturated rings. The van der Waals surface area contributed by atoms with Gasteiger partial charge >= 0.3 is 11.9 Å². The lowest BCUT2D eigenvalue weighted by Crippen LogP contribution is -2.26. The first-order valence-corrected chi connectivity index (χ1v) is 7.94. The highest BCUT2D eigenvalue weighted by Crippen LogP contribution is 2.40. The van der Waals surface area contributed by atoms with E-state index in [2.05, 4.69) is 4.98 Å². The van der Waals surface area contributed by atoms with Gasteiger partial charge in [-0.25, -0.2) is 9.78 Å². The molecule has 1 aliphatic rings. The summed E-state index contributed by atoms with van der Waals surface area (Å²) >= 11 is 0. The molecule has 1 aliphatic carbocycles. The smallest absolute Gasteiger partial charge is 0.356 e. The topological polar surface area (TPSA) is 70.4 Å². The number of hydrogen-bond donors (Lipinski definition) is 0. The van der Waals surface area contributed by atoms with Crippen molar-refractivity contribution in [2.24, 2.45) is 0 Å². The Hall–Kier alpha value is -2.63. The fraction of sp³-hybridized carbons (Fsp3) is 0.389. The van der Waals surface area contributed by atoms with Gasteiger partial charge < -0.3 is 14.0 Å². The van der Waals surface area contributed by atoms with Crippen LogP contribution in [0.4, 0.5) is 0 Å². The minimum Gasteiger partial charge on any atom is -0.457 e. The van der Waals surface area contributed by atoms with Crippen molar-refractivity contribution >= 4 is 11.9 Å². The first-order chi connectivity index (χ1) is 11.5. The number of esters is 2. The highest BCUT2D eigenvalue weighted by molar-refractivity contribution is 5.87. The molecular weight excluding hydrogens is 308 g/mol. The Morgan fingerprint density at radius 1 is 1.29 bits per heavy atom. The number of imidazole rings is 1. The molecule has 0 unspecified atom stereocenters. The number of ether oxygens (including phenoxy) is 2. The number of aromatic nitrogens is 2. The third kappa shape index (κ3) is 3.48. The Labute approximate surface area is 140 Å². The standard InChI is InChI=1S/C18H20N2O4/c1-13(15-6-4-3-5-7-15)20-12-19-10-16(20)17(22)23-11-18(8-9-18)24-14(2)21/h3-7,10,12-13H,8-9,11H2,1-2H3/t13-/m1/s1. The molecule has 0 bridgehead atoms. The maximum absolute atomic E-state index is 12.4. The summed E-state index contributed by atoms with van der Waals surface area (Å²) in [5.41, 5.74) is 0.824. The maximum Gasteiger partial charge on any atom is 0.356 e. The summed E-state index contributed by atoms with van der Waals surface area (Å²) in [5.74, 6) is -0.819. The Morgan fingerprint density at radius 3 is 2.62 bits per heavy atom. The SMILES string of the molecule is CC(=O)OC1(COC(=O)c2cncn2[C@H](C)c2ccccc2)CC1. The van der Waals surface area contributed by atoms with Crippen molar-refractivity contribution in [2.75, 3.05) is 6.61 Å². The van der Waals surface area contributed by atoms with Crippen molar-refractivity contribution in [3.63, 3.8) is 0 Å². The van der Waals surface area contributed by atoms with Crippen molar-refractivity contribution in [1.29, 1.82) is 0 Å². The quantitative estimate of drug-likeness (QED) is 0.763. The van der Waals surface area contributed by atoms with E-state index in [1.54, 1.807) is 10.9 Å². The third-order valence-electron chi connectivity index (χ3n) is 4.21. The molecule has 6 heteroatoms. The van der Waals surface area contributed by atoms with Gasteiger partial charge in [-0.05, 0) is 25.3 Å². The molecule has 126 valence electrons. The van der Waals surface area contributed by atoms with Gasteiger partial charge in [0.05, 0.1) is 18.6 Å². The summed E-state index contributed by atoms with van der Waals surface area (Å²) in [6, 6.07) is 9.82. The molecule has 6 nitrogen and oxygen atoms in total. The zero-order valence-corrected chi connectivity index (χ0v) is 13.8. The van der Waals surface area contributed by atoms with E-state index in [9.17, 15) is 9.59 Å². The average Bonchev–Trinajstić information content (AvgIpc) is 3.15. The molecule has 0 saturated heterocycles. The van der Waals surface area contributed by atoms with Crippen LogP contribution in [0.2, 0.25) is 0 Å². The molecule has 1 heterocycles. The van der Waals surface area contributed by atoms with Crippen LogP contribution in [0, 0.1) is 0 Å². The van der Waals surface area contributed by atoms with E-state index >= 15 is 0 Å². The van der Waals surface area contributed by atoms with Crippen LogP contribution in [0.3, 0.4) is 0 Å². The maximum atomic E-state index is 12.4. The predicted octanol–water partition coefficient (Wildman–Crippen LogP) is 2.74. The molecule has 1 atom stereocenters. The summed E-state index contributed by atoms with van der Waals surface area (Å²) in [4.78, 5) is 27.6. The lowest BCUT2D eigenvalue weighted by molar-refractivity contribution is -0.151. The highest BCUT2D eigenvalue weighted by atomic mass is 16.6. The van der Waals surface area contributed by atoms with Gasteiger partial charge in [0.15, 0.2) is 0 Å². The molecule has 0 radical (unpaired) electrons. The number of benzene rings is 1. The summed E-state index contributed by atoms with van der Waals surface area (Å²) in [6.45, 7) is 3.43. The van der Waals surface area contributed by atoms with Gasteiger partial charge in [0.2, 0.25) is 0 Å². The Morgan fingerprint density at radius 2 is 2.00 bits per heavy atom. The van der Waals surface area contributed by atoms with Crippen LogP contribution >= 0.6 is 0 Å². The molecule has 24 heavy (non-hydrogen) atoms. The summed E-state index contributed by atoms with van der Waals surface area (Å²) < 4.78 is 12.4. The van der Waals surface area contributed by atoms with E-state index in [0.717, 1.165) is 18.4 Å². The second kappa shape index (κ2) is 6.47. The molecular formula is C18H20N2O4. The normalized spacial score (nSPS) is 16.2. The molecule has 3 rings (SSSR count). The number of hydrogen-bond acceptors (Lipinski definition) is 5. The third-order valence-corrected chi connectivity index (χ3v) is 4.21. The van der Waals surface area contributed by atoms with Gasteiger partial charge in [-0.2, -0.15) is 0 Å². The van der Waals surface area contributed by atoms with E-state index in [0.29, 0.717) is 5.69 Å². The number of carbonyl (C=O) groups is 2. The Bertz CT molecular complexity index is 734. The van der Waals surface area contributed by atoms with Gasteiger partial charge in [0.25, 0.3) is 0 Å². The minimum absolute atomic E-state index is 0.0420. The molecule has 0 amide bonds. The van der Waals surface area contributed by atoms with Crippen molar-refractivity contribution in [3.8, 4) is 0 Å². The first kappa shape index (κ1) is 16.2. The monoisotopic (exact) mass is 328 g/mol. The molecule has 1 aromatic heterocycles. The van der Waals surface area contributed by atoms with Gasteiger partial charge in [-0.15, -0.1) is 0 Å². The second-order valence-corrected chi connectivity index (χ2v) is 6.13. The van der Waals surface area contributed by atoms with E-state index in [-0.39, 0.29) is 18.6 Å². The second-order valence-electron chi connectivity index (χ2n) is 6.13. The van der Waals surface area contributed by atoms with Crippen LogP contribution in [0.15, 0.2) is 42.9 Å². The van der Waals surface area contributed by atoms with Gasteiger partial charge in [-0.1, -0.05) is 30.3 Å². The number of carbonyl (C=O) groups excluding carboxylic acids is 2.